The third-order valence-electron chi connectivity index (χ3n) is 6.46. The molecule has 1 aromatic carbocycles. The molecular weight excluding hydrogens is 462 g/mol. The first kappa shape index (κ1) is 23.0. The van der Waals surface area contributed by atoms with Gasteiger partial charge in [0.2, 0.25) is 11.8 Å². The molecule has 1 unspecified atom stereocenters. The molecule has 2 fully saturated rings. The number of fused-ring (bicyclic) bond motifs is 1. The predicted octanol–water partition coefficient (Wildman–Crippen LogP) is 3.85. The van der Waals surface area contributed by atoms with Crippen LogP contribution in [0, 0.1) is 5.82 Å². The summed E-state index contributed by atoms with van der Waals surface area (Å²) in [5, 5.41) is 10.6. The summed E-state index contributed by atoms with van der Waals surface area (Å²) in [6.45, 7) is 0.173. The lowest BCUT2D eigenvalue weighted by Gasteiger charge is -2.38. The summed E-state index contributed by atoms with van der Waals surface area (Å²) in [5.74, 6) is -0.226. The van der Waals surface area contributed by atoms with Crippen LogP contribution in [0.4, 0.5) is 17.6 Å². The molecule has 3 heterocycles. The fourth-order valence-electron chi connectivity index (χ4n) is 4.52. The highest BCUT2D eigenvalue weighted by Gasteiger charge is 2.52. The summed E-state index contributed by atoms with van der Waals surface area (Å²) in [4.78, 5) is 12.6. The highest BCUT2D eigenvalue weighted by Crippen LogP contribution is 2.48. The second-order valence-electron chi connectivity index (χ2n) is 8.84. The van der Waals surface area contributed by atoms with Gasteiger partial charge < -0.3 is 19.2 Å². The first-order chi connectivity index (χ1) is 16.2. The molecular formula is C22H23F4N3O5. The van der Waals surface area contributed by atoms with Crippen LogP contribution < -0.4 is 10.1 Å². The lowest BCUT2D eigenvalue weighted by Crippen LogP contribution is -2.48. The van der Waals surface area contributed by atoms with Gasteiger partial charge in [-0.05, 0) is 68.7 Å². The van der Waals surface area contributed by atoms with E-state index in [1.165, 1.54) is 18.2 Å². The number of aryl methyl sites for hydroxylation is 1. The van der Waals surface area contributed by atoms with Gasteiger partial charge in [-0.2, -0.15) is 0 Å². The molecule has 0 radical (unpaired) electrons. The van der Waals surface area contributed by atoms with Gasteiger partial charge in [0.25, 0.3) is 5.91 Å². The fraction of sp³-hybridized carbons (Fsp3) is 0.591. The Morgan fingerprint density at radius 3 is 2.68 bits per heavy atom. The number of carbonyl (C=O) groups is 1. The van der Waals surface area contributed by atoms with Gasteiger partial charge >= 0.3 is 6.36 Å². The maximum absolute atomic E-state index is 13.3. The van der Waals surface area contributed by atoms with Crippen molar-refractivity contribution in [1.82, 2.24) is 15.5 Å². The van der Waals surface area contributed by atoms with E-state index in [4.69, 9.17) is 13.9 Å². The van der Waals surface area contributed by atoms with Gasteiger partial charge in [0, 0.05) is 0 Å². The number of aromatic nitrogens is 2. The van der Waals surface area contributed by atoms with Gasteiger partial charge in [-0.3, -0.25) is 9.53 Å². The number of benzene rings is 1. The number of hydrogen-bond acceptors (Lipinski definition) is 7. The van der Waals surface area contributed by atoms with Crippen LogP contribution in [0.2, 0.25) is 0 Å². The Kier molecular flexibility index (Phi) is 5.96. The van der Waals surface area contributed by atoms with Crippen molar-refractivity contribution in [1.29, 1.82) is 0 Å². The van der Waals surface area contributed by atoms with Crippen LogP contribution in [0.5, 0.6) is 5.75 Å². The zero-order valence-corrected chi connectivity index (χ0v) is 18.1. The number of ether oxygens (including phenoxy) is 3. The third kappa shape index (κ3) is 4.74. The number of carbonyl (C=O) groups excluding carboxylic acids is 1. The summed E-state index contributed by atoms with van der Waals surface area (Å²) in [6.07, 6.45) is -3.23. The lowest BCUT2D eigenvalue weighted by atomic mass is 9.80. The van der Waals surface area contributed by atoms with E-state index < -0.39 is 24.2 Å². The Hall–Kier alpha value is -2.73. The number of nitrogens with one attached hydrogen (secondary N) is 1. The molecule has 1 aliphatic carbocycles. The topological polar surface area (TPSA) is 95.7 Å². The van der Waals surface area contributed by atoms with Crippen LogP contribution in [0.3, 0.4) is 0 Å². The Bertz CT molecular complexity index is 1050. The molecule has 1 amide bonds. The maximum Gasteiger partial charge on any atom is 0.523 e. The zero-order valence-electron chi connectivity index (χ0n) is 18.1. The van der Waals surface area contributed by atoms with Crippen molar-refractivity contribution in [3.05, 3.63) is 41.4 Å². The molecule has 1 N–H and O–H groups in total. The molecule has 5 rings (SSSR count). The van der Waals surface area contributed by atoms with Gasteiger partial charge in [-0.15, -0.1) is 23.4 Å². The standard InChI is InChI=1S/C22H23F4N3O5/c23-13-3-6-15-12(10-13)2-5-16(32-15)18(30)27-14-4-7-17(31-11-14)19-28-29-20(33-19)21(8-1-9-21)34-22(24,25)26/h3,6,10,14,16-17H,1-2,4-5,7-9,11H2,(H,27,30)/t14-,16?,17+/m1/s1. The Labute approximate surface area is 191 Å². The Morgan fingerprint density at radius 2 is 2.00 bits per heavy atom. The van der Waals surface area contributed by atoms with Crippen LogP contribution in [-0.4, -0.2) is 41.2 Å². The zero-order chi connectivity index (χ0) is 23.9. The van der Waals surface area contributed by atoms with Crippen LogP contribution in [0.1, 0.15) is 62.0 Å². The SMILES string of the molecule is O=C(N[C@@H]1CC[C@@H](c2nnc(C3(OC(F)(F)F)CCC3)o2)OC1)C1CCc2cc(F)ccc2O1. The maximum atomic E-state index is 13.3. The average Bonchev–Trinajstić information content (AvgIpc) is 3.26. The number of halogens is 4. The summed E-state index contributed by atoms with van der Waals surface area (Å²) in [5.41, 5.74) is -0.893. The molecule has 2 aromatic rings. The van der Waals surface area contributed by atoms with Crippen molar-refractivity contribution in [2.75, 3.05) is 6.61 Å². The van der Waals surface area contributed by atoms with Crippen LogP contribution in [-0.2, 0) is 26.3 Å². The summed E-state index contributed by atoms with van der Waals surface area (Å²) < 4.78 is 73.0. The molecule has 0 spiro atoms. The molecule has 34 heavy (non-hydrogen) atoms. The molecule has 1 aromatic heterocycles. The van der Waals surface area contributed by atoms with E-state index in [1.54, 1.807) is 0 Å². The summed E-state index contributed by atoms with van der Waals surface area (Å²) >= 11 is 0. The van der Waals surface area contributed by atoms with Crippen LogP contribution >= 0.6 is 0 Å². The third-order valence-corrected chi connectivity index (χ3v) is 6.46. The smallest absolute Gasteiger partial charge is 0.480 e. The van der Waals surface area contributed by atoms with Crippen molar-refractivity contribution in [3.8, 4) is 5.75 Å². The van der Waals surface area contributed by atoms with Crippen LogP contribution in [0.15, 0.2) is 22.6 Å². The molecule has 12 heteroatoms. The molecule has 2 aliphatic heterocycles. The number of nitrogens with zero attached hydrogens (tertiary/aromatic N) is 2. The van der Waals surface area contributed by atoms with Gasteiger partial charge in [0.15, 0.2) is 11.7 Å². The van der Waals surface area contributed by atoms with Crippen molar-refractivity contribution in [2.24, 2.45) is 0 Å². The minimum absolute atomic E-state index is 0.0938. The molecule has 1 saturated carbocycles. The van der Waals surface area contributed by atoms with Crippen molar-refractivity contribution >= 4 is 5.91 Å². The lowest BCUT2D eigenvalue weighted by molar-refractivity contribution is -0.387. The van der Waals surface area contributed by atoms with E-state index in [-0.39, 0.29) is 49.0 Å². The summed E-state index contributed by atoms with van der Waals surface area (Å²) in [6, 6.07) is 3.95. The Morgan fingerprint density at radius 1 is 1.18 bits per heavy atom. The monoisotopic (exact) mass is 485 g/mol. The van der Waals surface area contributed by atoms with Gasteiger partial charge in [0.1, 0.15) is 17.7 Å². The van der Waals surface area contributed by atoms with E-state index in [0.29, 0.717) is 37.9 Å². The van der Waals surface area contributed by atoms with E-state index >= 15 is 0 Å². The normalized spacial score (nSPS) is 26.2. The average molecular weight is 485 g/mol. The molecule has 0 bridgehead atoms. The van der Waals surface area contributed by atoms with E-state index in [0.717, 1.165) is 5.56 Å². The summed E-state index contributed by atoms with van der Waals surface area (Å²) in [7, 11) is 0. The number of alkyl halides is 3. The van der Waals surface area contributed by atoms with Gasteiger partial charge in [-0.1, -0.05) is 0 Å². The van der Waals surface area contributed by atoms with Crippen molar-refractivity contribution in [2.45, 2.75) is 75.2 Å². The minimum atomic E-state index is -4.80. The van der Waals surface area contributed by atoms with E-state index in [9.17, 15) is 22.4 Å². The largest absolute Gasteiger partial charge is 0.523 e. The van der Waals surface area contributed by atoms with E-state index in [1.807, 2.05) is 0 Å². The number of rotatable bonds is 5. The molecule has 3 aliphatic rings. The highest BCUT2D eigenvalue weighted by atomic mass is 19.4. The Balaban J connectivity index is 1.14. The first-order valence-electron chi connectivity index (χ1n) is 11.2. The number of amides is 1. The quantitative estimate of drug-likeness (QED) is 0.643. The van der Waals surface area contributed by atoms with Gasteiger partial charge in [-0.25, -0.2) is 4.39 Å². The van der Waals surface area contributed by atoms with Gasteiger partial charge in [0.05, 0.1) is 12.6 Å². The molecule has 3 atom stereocenters. The highest BCUT2D eigenvalue weighted by molar-refractivity contribution is 5.81. The molecule has 8 nitrogen and oxygen atoms in total. The second kappa shape index (κ2) is 8.81. The van der Waals surface area contributed by atoms with Crippen LogP contribution in [0.25, 0.3) is 0 Å². The molecule has 1 saturated heterocycles. The van der Waals surface area contributed by atoms with E-state index in [2.05, 4.69) is 20.3 Å². The second-order valence-corrected chi connectivity index (χ2v) is 8.84. The predicted molar refractivity (Wildman–Crippen MR) is 106 cm³/mol. The van der Waals surface area contributed by atoms with Crippen molar-refractivity contribution in [3.63, 3.8) is 0 Å². The fourth-order valence-corrected chi connectivity index (χ4v) is 4.52. The molecule has 184 valence electrons. The number of hydrogen-bond donors (Lipinski definition) is 1. The minimum Gasteiger partial charge on any atom is -0.480 e. The first-order valence-corrected chi connectivity index (χ1v) is 11.2. The van der Waals surface area contributed by atoms with Crippen molar-refractivity contribution < 1.29 is 41.0 Å².